The van der Waals surface area contributed by atoms with Crippen LogP contribution in [0.3, 0.4) is 0 Å². The molecule has 0 bridgehead atoms. The van der Waals surface area contributed by atoms with E-state index in [2.05, 4.69) is 10.6 Å². The first kappa shape index (κ1) is 13.8. The lowest BCUT2D eigenvalue weighted by Gasteiger charge is -2.22. The smallest absolute Gasteiger partial charge is 0.250 e. The number of nitrogens with one attached hydrogen (secondary N) is 2. The van der Waals surface area contributed by atoms with Gasteiger partial charge in [0.15, 0.2) is 0 Å². The van der Waals surface area contributed by atoms with Crippen molar-refractivity contribution >= 4 is 29.1 Å². The van der Waals surface area contributed by atoms with Crippen molar-refractivity contribution in [3.63, 3.8) is 0 Å². The summed E-state index contributed by atoms with van der Waals surface area (Å²) < 4.78 is 0. The third-order valence-electron chi connectivity index (χ3n) is 3.17. The molecule has 0 spiro atoms. The second kappa shape index (κ2) is 6.04. The molecule has 1 aromatic carbocycles. The molecule has 6 heteroatoms. The van der Waals surface area contributed by atoms with E-state index in [4.69, 9.17) is 17.3 Å². The minimum atomic E-state index is -0.584. The Morgan fingerprint density at radius 1 is 1.42 bits per heavy atom. The molecule has 4 N–H and O–H groups in total. The van der Waals surface area contributed by atoms with Gasteiger partial charge in [-0.15, -0.1) is 0 Å². The lowest BCUT2D eigenvalue weighted by Crippen LogP contribution is -2.37. The van der Waals surface area contributed by atoms with Crippen molar-refractivity contribution < 1.29 is 9.59 Å². The van der Waals surface area contributed by atoms with Gasteiger partial charge in [0.2, 0.25) is 11.8 Å². The number of carbonyl (C=O) groups excluding carboxylic acids is 2. The van der Waals surface area contributed by atoms with E-state index in [0.29, 0.717) is 12.2 Å². The van der Waals surface area contributed by atoms with E-state index in [1.54, 1.807) is 6.07 Å². The van der Waals surface area contributed by atoms with Crippen molar-refractivity contribution in [1.29, 1.82) is 0 Å². The van der Waals surface area contributed by atoms with Crippen LogP contribution in [-0.2, 0) is 4.79 Å². The summed E-state index contributed by atoms with van der Waals surface area (Å²) in [5.74, 6) is -0.641. The van der Waals surface area contributed by atoms with Gasteiger partial charge in [-0.05, 0) is 37.6 Å². The van der Waals surface area contributed by atoms with Crippen LogP contribution in [0.1, 0.15) is 23.2 Å². The van der Waals surface area contributed by atoms with E-state index >= 15 is 0 Å². The van der Waals surface area contributed by atoms with Crippen LogP contribution in [0, 0.1) is 5.92 Å². The molecule has 5 nitrogen and oxygen atoms in total. The van der Waals surface area contributed by atoms with Crippen LogP contribution in [0.4, 0.5) is 5.69 Å². The van der Waals surface area contributed by atoms with Crippen molar-refractivity contribution in [2.75, 3.05) is 18.4 Å². The number of carbonyl (C=O) groups is 2. The number of piperidine rings is 1. The van der Waals surface area contributed by atoms with Crippen LogP contribution in [0.5, 0.6) is 0 Å². The molecule has 1 atom stereocenters. The number of amides is 2. The molecule has 2 amide bonds. The Morgan fingerprint density at radius 2 is 2.21 bits per heavy atom. The number of rotatable bonds is 3. The van der Waals surface area contributed by atoms with Gasteiger partial charge in [0.1, 0.15) is 0 Å². The maximum atomic E-state index is 12.0. The molecule has 102 valence electrons. The van der Waals surface area contributed by atoms with E-state index in [1.165, 1.54) is 12.1 Å². The molecule has 1 saturated heterocycles. The largest absolute Gasteiger partial charge is 0.366 e. The predicted octanol–water partition coefficient (Wildman–Crippen LogP) is 1.38. The zero-order chi connectivity index (χ0) is 13.8. The van der Waals surface area contributed by atoms with Gasteiger partial charge in [-0.1, -0.05) is 11.6 Å². The van der Waals surface area contributed by atoms with Gasteiger partial charge in [0.25, 0.3) is 0 Å². The Labute approximate surface area is 116 Å². The normalized spacial score (nSPS) is 18.9. The molecular weight excluding hydrogens is 266 g/mol. The fourth-order valence-corrected chi connectivity index (χ4v) is 2.39. The number of benzene rings is 1. The summed E-state index contributed by atoms with van der Waals surface area (Å²) in [4.78, 5) is 23.1. The fraction of sp³-hybridized carbons (Fsp3) is 0.385. The SMILES string of the molecule is NC(=O)c1ccc(NC(=O)C2CCCNC2)cc1Cl. The first-order chi connectivity index (χ1) is 9.08. The van der Waals surface area contributed by atoms with Crippen LogP contribution in [0.25, 0.3) is 0 Å². The van der Waals surface area contributed by atoms with Crippen LogP contribution in [0.2, 0.25) is 5.02 Å². The fourth-order valence-electron chi connectivity index (χ4n) is 2.11. The van der Waals surface area contributed by atoms with E-state index in [-0.39, 0.29) is 22.4 Å². The highest BCUT2D eigenvalue weighted by Crippen LogP contribution is 2.21. The number of nitrogens with two attached hydrogens (primary N) is 1. The summed E-state index contributed by atoms with van der Waals surface area (Å²) in [7, 11) is 0. The number of primary amides is 1. The Kier molecular flexibility index (Phi) is 4.39. The topological polar surface area (TPSA) is 84.2 Å². The highest BCUT2D eigenvalue weighted by molar-refractivity contribution is 6.34. The quantitative estimate of drug-likeness (QED) is 0.782. The van der Waals surface area contributed by atoms with E-state index in [9.17, 15) is 9.59 Å². The highest BCUT2D eigenvalue weighted by Gasteiger charge is 2.21. The first-order valence-corrected chi connectivity index (χ1v) is 6.56. The Morgan fingerprint density at radius 3 is 2.79 bits per heavy atom. The number of anilines is 1. The third kappa shape index (κ3) is 3.45. The van der Waals surface area contributed by atoms with Crippen molar-refractivity contribution in [2.45, 2.75) is 12.8 Å². The molecule has 0 radical (unpaired) electrons. The van der Waals surface area contributed by atoms with Gasteiger partial charge in [0, 0.05) is 12.2 Å². The summed E-state index contributed by atoms with van der Waals surface area (Å²) in [5, 5.41) is 6.23. The molecule has 1 fully saturated rings. The molecule has 1 heterocycles. The predicted molar refractivity (Wildman–Crippen MR) is 74.2 cm³/mol. The molecule has 1 aliphatic heterocycles. The summed E-state index contributed by atoms with van der Waals surface area (Å²) in [6.07, 6.45) is 1.88. The minimum absolute atomic E-state index is 0.0247. The molecule has 19 heavy (non-hydrogen) atoms. The van der Waals surface area contributed by atoms with Crippen molar-refractivity contribution in [3.8, 4) is 0 Å². The van der Waals surface area contributed by atoms with Gasteiger partial charge >= 0.3 is 0 Å². The average molecular weight is 282 g/mol. The first-order valence-electron chi connectivity index (χ1n) is 6.19. The average Bonchev–Trinajstić information content (AvgIpc) is 2.39. The van der Waals surface area contributed by atoms with E-state index < -0.39 is 5.91 Å². The van der Waals surface area contributed by atoms with E-state index in [1.807, 2.05) is 0 Å². The van der Waals surface area contributed by atoms with Crippen LogP contribution < -0.4 is 16.4 Å². The maximum absolute atomic E-state index is 12.0. The molecule has 2 rings (SSSR count). The Hall–Kier alpha value is -1.59. The molecule has 1 aliphatic rings. The molecule has 0 aromatic heterocycles. The van der Waals surface area contributed by atoms with Gasteiger partial charge in [-0.3, -0.25) is 9.59 Å². The number of halogens is 1. The summed E-state index contributed by atoms with van der Waals surface area (Å²) in [6.45, 7) is 1.65. The van der Waals surface area contributed by atoms with Crippen molar-refractivity contribution in [3.05, 3.63) is 28.8 Å². The molecule has 1 unspecified atom stereocenters. The van der Waals surface area contributed by atoms with Crippen LogP contribution in [-0.4, -0.2) is 24.9 Å². The second-order valence-corrected chi connectivity index (χ2v) is 5.00. The van der Waals surface area contributed by atoms with Gasteiger partial charge in [-0.25, -0.2) is 0 Å². The summed E-state index contributed by atoms with van der Waals surface area (Å²) in [6, 6.07) is 4.68. The van der Waals surface area contributed by atoms with Crippen molar-refractivity contribution in [1.82, 2.24) is 5.32 Å². The lowest BCUT2D eigenvalue weighted by molar-refractivity contribution is -0.120. The standard InChI is InChI=1S/C13H16ClN3O2/c14-11-6-9(3-4-10(11)12(15)18)17-13(19)8-2-1-5-16-7-8/h3-4,6,8,16H,1-2,5,7H2,(H2,15,18)(H,17,19). The maximum Gasteiger partial charge on any atom is 0.250 e. The molecule has 0 saturated carbocycles. The second-order valence-electron chi connectivity index (χ2n) is 4.59. The van der Waals surface area contributed by atoms with Crippen LogP contribution in [0.15, 0.2) is 18.2 Å². The minimum Gasteiger partial charge on any atom is -0.366 e. The van der Waals surface area contributed by atoms with E-state index in [0.717, 1.165) is 19.4 Å². The highest BCUT2D eigenvalue weighted by atomic mass is 35.5. The number of hydrogen-bond donors (Lipinski definition) is 3. The molecular formula is C13H16ClN3O2. The lowest BCUT2D eigenvalue weighted by atomic mass is 9.99. The van der Waals surface area contributed by atoms with Crippen molar-refractivity contribution in [2.24, 2.45) is 11.7 Å². The monoisotopic (exact) mass is 281 g/mol. The Balaban J connectivity index is 2.04. The Bertz CT molecular complexity index is 499. The van der Waals surface area contributed by atoms with Crippen LogP contribution >= 0.6 is 11.6 Å². The zero-order valence-electron chi connectivity index (χ0n) is 10.4. The summed E-state index contributed by atoms with van der Waals surface area (Å²) in [5.41, 5.74) is 5.99. The van der Waals surface area contributed by atoms with Gasteiger partial charge in [0.05, 0.1) is 16.5 Å². The molecule has 1 aromatic rings. The van der Waals surface area contributed by atoms with Gasteiger partial charge in [-0.2, -0.15) is 0 Å². The summed E-state index contributed by atoms with van der Waals surface area (Å²) >= 11 is 5.93. The zero-order valence-corrected chi connectivity index (χ0v) is 11.2. The third-order valence-corrected chi connectivity index (χ3v) is 3.48. The van der Waals surface area contributed by atoms with Gasteiger partial charge < -0.3 is 16.4 Å². The molecule has 0 aliphatic carbocycles. The number of hydrogen-bond acceptors (Lipinski definition) is 3.